The fourth-order valence-electron chi connectivity index (χ4n) is 3.96. The maximum atomic E-state index is 14.9. The lowest BCUT2D eigenvalue weighted by Crippen LogP contribution is -2.33. The van der Waals surface area contributed by atoms with Gasteiger partial charge in [-0.2, -0.15) is 0 Å². The molecule has 0 radical (unpaired) electrons. The smallest absolute Gasteiger partial charge is 0.414 e. The predicted molar refractivity (Wildman–Crippen MR) is 101 cm³/mol. The van der Waals surface area contributed by atoms with Gasteiger partial charge in [0.05, 0.1) is 31.0 Å². The van der Waals surface area contributed by atoms with Gasteiger partial charge in [0, 0.05) is 31.0 Å². The highest BCUT2D eigenvalue weighted by molar-refractivity contribution is 5.99. The molecule has 1 atom stereocenters. The molecule has 1 spiro atoms. The zero-order chi connectivity index (χ0) is 20.8. The van der Waals surface area contributed by atoms with Gasteiger partial charge in [-0.25, -0.2) is 13.6 Å². The number of amides is 2. The Labute approximate surface area is 166 Å². The van der Waals surface area contributed by atoms with Crippen LogP contribution < -0.4 is 15.1 Å². The summed E-state index contributed by atoms with van der Waals surface area (Å²) in [7, 11) is 1.45. The molecule has 3 aliphatic rings. The van der Waals surface area contributed by atoms with Gasteiger partial charge in [-0.15, -0.1) is 0 Å². The first kappa shape index (κ1) is 19.4. The number of anilines is 2. The van der Waals surface area contributed by atoms with E-state index in [2.05, 4.69) is 10.5 Å². The standard InChI is InChI=1S/C19H22F2N4O4/c1-11(26)22-7-13-8-25(18(27)29-13)12-5-14(20)17(15(21)6-12)24-9-16(23-28-2)19(10-24)3-4-19/h5-6,13H,3-4,7-10H2,1-2H3,(H,22,26)/b23-16+/t13-/m0/s1. The van der Waals surface area contributed by atoms with E-state index < -0.39 is 23.8 Å². The maximum Gasteiger partial charge on any atom is 0.414 e. The van der Waals surface area contributed by atoms with E-state index in [9.17, 15) is 18.4 Å². The van der Waals surface area contributed by atoms with Gasteiger partial charge in [-0.3, -0.25) is 9.69 Å². The first-order valence-electron chi connectivity index (χ1n) is 9.40. The van der Waals surface area contributed by atoms with Crippen LogP contribution in [0.5, 0.6) is 0 Å². The molecule has 1 N–H and O–H groups in total. The predicted octanol–water partition coefficient (Wildman–Crippen LogP) is 2.03. The van der Waals surface area contributed by atoms with E-state index in [0.29, 0.717) is 13.1 Å². The van der Waals surface area contributed by atoms with Crippen LogP contribution in [0.2, 0.25) is 0 Å². The highest BCUT2D eigenvalue weighted by Crippen LogP contribution is 2.52. The van der Waals surface area contributed by atoms with Crippen molar-refractivity contribution in [2.75, 3.05) is 43.1 Å². The molecule has 29 heavy (non-hydrogen) atoms. The Morgan fingerprint density at radius 2 is 2.07 bits per heavy atom. The molecule has 2 aliphatic heterocycles. The lowest BCUT2D eigenvalue weighted by Gasteiger charge is -2.21. The fourth-order valence-corrected chi connectivity index (χ4v) is 3.96. The van der Waals surface area contributed by atoms with Gasteiger partial charge in [0.2, 0.25) is 5.91 Å². The second kappa shape index (κ2) is 7.16. The van der Waals surface area contributed by atoms with Crippen molar-refractivity contribution >= 4 is 29.1 Å². The lowest BCUT2D eigenvalue weighted by atomic mass is 10.1. The van der Waals surface area contributed by atoms with Crippen molar-refractivity contribution in [3.63, 3.8) is 0 Å². The summed E-state index contributed by atoms with van der Waals surface area (Å²) in [6.45, 7) is 2.36. The molecule has 0 bridgehead atoms. The van der Waals surface area contributed by atoms with Gasteiger partial charge in [0.25, 0.3) is 0 Å². The summed E-state index contributed by atoms with van der Waals surface area (Å²) >= 11 is 0. The lowest BCUT2D eigenvalue weighted by molar-refractivity contribution is -0.119. The molecule has 3 fully saturated rings. The zero-order valence-electron chi connectivity index (χ0n) is 16.2. The number of carbonyl (C=O) groups excluding carboxylic acids is 2. The van der Waals surface area contributed by atoms with Crippen LogP contribution in [0.4, 0.5) is 25.0 Å². The summed E-state index contributed by atoms with van der Waals surface area (Å²) in [5.41, 5.74) is 0.587. The van der Waals surface area contributed by atoms with Gasteiger partial charge in [-0.1, -0.05) is 5.16 Å². The Morgan fingerprint density at radius 1 is 1.38 bits per heavy atom. The van der Waals surface area contributed by atoms with Crippen molar-refractivity contribution in [3.05, 3.63) is 23.8 Å². The summed E-state index contributed by atoms with van der Waals surface area (Å²) in [4.78, 5) is 30.8. The molecule has 8 nitrogen and oxygen atoms in total. The summed E-state index contributed by atoms with van der Waals surface area (Å²) < 4.78 is 34.9. The Kier molecular flexibility index (Phi) is 4.79. The summed E-state index contributed by atoms with van der Waals surface area (Å²) in [6.07, 6.45) is 0.544. The number of ether oxygens (including phenoxy) is 1. The van der Waals surface area contributed by atoms with E-state index in [1.807, 2.05) is 0 Å². The summed E-state index contributed by atoms with van der Waals surface area (Å²) in [5, 5.41) is 6.59. The number of nitrogens with one attached hydrogen (secondary N) is 1. The van der Waals surface area contributed by atoms with Crippen LogP contribution in [0.3, 0.4) is 0 Å². The highest BCUT2D eigenvalue weighted by Gasteiger charge is 2.54. The third-order valence-electron chi connectivity index (χ3n) is 5.58. The normalized spacial score (nSPS) is 23.7. The van der Waals surface area contributed by atoms with Crippen LogP contribution in [0.1, 0.15) is 19.8 Å². The molecular formula is C19H22F2N4O4. The molecule has 156 valence electrons. The Balaban J connectivity index is 1.53. The van der Waals surface area contributed by atoms with Gasteiger partial charge < -0.3 is 19.8 Å². The topological polar surface area (TPSA) is 83.5 Å². The minimum absolute atomic E-state index is 0.0742. The molecular weight excluding hydrogens is 386 g/mol. The molecule has 0 aromatic heterocycles. The zero-order valence-corrected chi connectivity index (χ0v) is 16.2. The number of cyclic esters (lactones) is 1. The molecule has 2 heterocycles. The number of nitrogens with zero attached hydrogens (tertiary/aromatic N) is 3. The number of hydrogen-bond acceptors (Lipinski definition) is 6. The van der Waals surface area contributed by atoms with Crippen LogP contribution in [-0.2, 0) is 14.4 Å². The average molecular weight is 408 g/mol. The minimum atomic E-state index is -0.757. The second-order valence-electron chi connectivity index (χ2n) is 7.67. The van der Waals surface area contributed by atoms with E-state index in [1.165, 1.54) is 14.0 Å². The first-order chi connectivity index (χ1) is 13.8. The van der Waals surface area contributed by atoms with Gasteiger partial charge >= 0.3 is 6.09 Å². The SMILES string of the molecule is CO/N=C1\CN(c2c(F)cc(N3C[C@H](CNC(C)=O)OC3=O)cc2F)CC12CC2. The monoisotopic (exact) mass is 408 g/mol. The second-order valence-corrected chi connectivity index (χ2v) is 7.67. The fraction of sp³-hybridized carbons (Fsp3) is 0.526. The number of benzene rings is 1. The van der Waals surface area contributed by atoms with Gasteiger partial charge in [-0.05, 0) is 12.8 Å². The van der Waals surface area contributed by atoms with E-state index >= 15 is 0 Å². The molecule has 4 rings (SSSR count). The molecule has 1 aromatic rings. The Hall–Kier alpha value is -2.91. The van der Waals surface area contributed by atoms with Crippen molar-refractivity contribution in [1.82, 2.24) is 5.32 Å². The number of oxime groups is 1. The van der Waals surface area contributed by atoms with Crippen molar-refractivity contribution in [3.8, 4) is 0 Å². The molecule has 1 saturated carbocycles. The summed E-state index contributed by atoms with van der Waals surface area (Å²) in [5.74, 6) is -1.77. The number of carbonyl (C=O) groups is 2. The first-order valence-corrected chi connectivity index (χ1v) is 9.40. The van der Waals surface area contributed by atoms with Crippen LogP contribution in [-0.4, -0.2) is 57.1 Å². The molecule has 2 saturated heterocycles. The molecule has 2 amide bonds. The highest BCUT2D eigenvalue weighted by atomic mass is 19.1. The van der Waals surface area contributed by atoms with Crippen LogP contribution in [0.25, 0.3) is 0 Å². The summed E-state index contributed by atoms with van der Waals surface area (Å²) in [6, 6.07) is 2.26. The van der Waals surface area contributed by atoms with E-state index in [4.69, 9.17) is 9.57 Å². The third-order valence-corrected chi connectivity index (χ3v) is 5.58. The quantitative estimate of drug-likeness (QED) is 0.754. The maximum absolute atomic E-state index is 14.9. The van der Waals surface area contributed by atoms with Crippen LogP contribution in [0, 0.1) is 17.0 Å². The van der Waals surface area contributed by atoms with Gasteiger partial charge in [0.15, 0.2) is 11.6 Å². The van der Waals surface area contributed by atoms with Crippen LogP contribution in [0.15, 0.2) is 17.3 Å². The third kappa shape index (κ3) is 3.58. The molecule has 1 aromatic carbocycles. The number of halogens is 2. The van der Waals surface area contributed by atoms with E-state index in [1.54, 1.807) is 4.90 Å². The minimum Gasteiger partial charge on any atom is -0.442 e. The number of rotatable bonds is 5. The number of hydrogen-bond donors (Lipinski definition) is 1. The Morgan fingerprint density at radius 3 is 2.66 bits per heavy atom. The van der Waals surface area contributed by atoms with E-state index in [-0.39, 0.29) is 35.8 Å². The average Bonchev–Trinajstić information content (AvgIpc) is 3.20. The van der Waals surface area contributed by atoms with Crippen molar-refractivity contribution < 1.29 is 27.9 Å². The Bertz CT molecular complexity index is 864. The molecule has 10 heteroatoms. The molecule has 0 unspecified atom stereocenters. The van der Waals surface area contributed by atoms with Crippen LogP contribution >= 0.6 is 0 Å². The van der Waals surface area contributed by atoms with Gasteiger partial charge in [0.1, 0.15) is 18.9 Å². The van der Waals surface area contributed by atoms with E-state index in [0.717, 1.165) is 35.6 Å². The van der Waals surface area contributed by atoms with Crippen molar-refractivity contribution in [2.24, 2.45) is 10.6 Å². The van der Waals surface area contributed by atoms with Crippen molar-refractivity contribution in [2.45, 2.75) is 25.9 Å². The largest absolute Gasteiger partial charge is 0.442 e. The molecule has 1 aliphatic carbocycles. The van der Waals surface area contributed by atoms with Crippen molar-refractivity contribution in [1.29, 1.82) is 0 Å².